The highest BCUT2D eigenvalue weighted by Gasteiger charge is 2.37. The average Bonchev–Trinajstić information content (AvgIpc) is 2.53. The second-order valence-corrected chi connectivity index (χ2v) is 5.98. The van der Waals surface area contributed by atoms with Gasteiger partial charge < -0.3 is 5.32 Å². The molecule has 2 aromatic carbocycles. The Morgan fingerprint density at radius 1 is 1.05 bits per heavy atom. The Labute approximate surface area is 126 Å². The molecule has 21 heavy (non-hydrogen) atoms. The largest absolute Gasteiger partial charge is 0.305 e. The van der Waals surface area contributed by atoms with Crippen LogP contribution in [0.1, 0.15) is 34.8 Å². The summed E-state index contributed by atoms with van der Waals surface area (Å²) < 4.78 is 0. The van der Waals surface area contributed by atoms with Crippen molar-refractivity contribution >= 4 is 5.78 Å². The van der Waals surface area contributed by atoms with Crippen molar-refractivity contribution in [1.82, 2.24) is 5.32 Å². The molecule has 1 unspecified atom stereocenters. The number of nitrogens with one attached hydrogen (secondary N) is 1. The molecule has 0 spiro atoms. The summed E-state index contributed by atoms with van der Waals surface area (Å²) in [5, 5.41) is 3.49. The maximum atomic E-state index is 12.7. The van der Waals surface area contributed by atoms with Crippen LogP contribution >= 0.6 is 0 Å². The fourth-order valence-corrected chi connectivity index (χ4v) is 3.05. The van der Waals surface area contributed by atoms with Crippen LogP contribution in [0.3, 0.4) is 0 Å². The summed E-state index contributed by atoms with van der Waals surface area (Å²) in [6.45, 7) is 2.87. The van der Waals surface area contributed by atoms with Gasteiger partial charge in [0.25, 0.3) is 0 Å². The molecule has 1 aliphatic rings. The van der Waals surface area contributed by atoms with E-state index < -0.39 is 5.54 Å². The summed E-state index contributed by atoms with van der Waals surface area (Å²) in [4.78, 5) is 12.7. The van der Waals surface area contributed by atoms with Crippen molar-refractivity contribution in [3.8, 4) is 0 Å². The minimum Gasteiger partial charge on any atom is -0.305 e. The monoisotopic (exact) mass is 279 g/mol. The van der Waals surface area contributed by atoms with E-state index in [0.29, 0.717) is 0 Å². The van der Waals surface area contributed by atoms with Crippen molar-refractivity contribution in [2.24, 2.45) is 0 Å². The number of Topliss-reactive ketones (excluding diaryl/α,β-unsaturated/α-hetero) is 1. The first-order chi connectivity index (χ1) is 10.2. The Bertz CT molecular complexity index is 635. The molecule has 0 bridgehead atoms. The van der Waals surface area contributed by atoms with Gasteiger partial charge in [-0.3, -0.25) is 4.79 Å². The van der Waals surface area contributed by atoms with E-state index in [-0.39, 0.29) is 5.78 Å². The molecule has 0 saturated carbocycles. The van der Waals surface area contributed by atoms with Crippen molar-refractivity contribution in [2.75, 3.05) is 6.54 Å². The second-order valence-electron chi connectivity index (χ2n) is 5.98. The lowest BCUT2D eigenvalue weighted by Crippen LogP contribution is -2.52. The van der Waals surface area contributed by atoms with Crippen LogP contribution in [0.2, 0.25) is 0 Å². The van der Waals surface area contributed by atoms with E-state index in [2.05, 4.69) is 35.6 Å². The fourth-order valence-electron chi connectivity index (χ4n) is 3.05. The highest BCUT2D eigenvalue weighted by molar-refractivity contribution is 6.05. The predicted molar refractivity (Wildman–Crippen MR) is 85.6 cm³/mol. The van der Waals surface area contributed by atoms with Crippen LogP contribution in [0.4, 0.5) is 0 Å². The van der Waals surface area contributed by atoms with Crippen LogP contribution in [0.25, 0.3) is 0 Å². The van der Waals surface area contributed by atoms with Crippen LogP contribution in [0.15, 0.2) is 54.6 Å². The summed E-state index contributed by atoms with van der Waals surface area (Å²) in [5.41, 5.74) is 2.95. The Morgan fingerprint density at radius 2 is 1.76 bits per heavy atom. The zero-order chi connectivity index (χ0) is 14.7. The molecule has 1 N–H and O–H groups in total. The van der Waals surface area contributed by atoms with Gasteiger partial charge in [-0.2, -0.15) is 0 Å². The molecular weight excluding hydrogens is 258 g/mol. The molecule has 0 aliphatic heterocycles. The maximum absolute atomic E-state index is 12.7. The van der Waals surface area contributed by atoms with Gasteiger partial charge in [-0.25, -0.2) is 0 Å². The summed E-state index contributed by atoms with van der Waals surface area (Å²) in [6.07, 6.45) is 2.79. The number of rotatable bonds is 4. The van der Waals surface area contributed by atoms with E-state index in [1.807, 2.05) is 31.2 Å². The number of hydrogen-bond donors (Lipinski definition) is 1. The van der Waals surface area contributed by atoms with E-state index in [9.17, 15) is 4.79 Å². The highest BCUT2D eigenvalue weighted by Crippen LogP contribution is 2.28. The average molecular weight is 279 g/mol. The Hall–Kier alpha value is -1.93. The first kappa shape index (κ1) is 14.0. The van der Waals surface area contributed by atoms with E-state index >= 15 is 0 Å². The Kier molecular flexibility index (Phi) is 3.89. The summed E-state index contributed by atoms with van der Waals surface area (Å²) in [6, 6.07) is 18.4. The fraction of sp³-hybridized carbons (Fsp3) is 0.316. The minimum atomic E-state index is -0.427. The van der Waals surface area contributed by atoms with Gasteiger partial charge in [0, 0.05) is 12.1 Å². The van der Waals surface area contributed by atoms with Gasteiger partial charge in [-0.1, -0.05) is 54.6 Å². The molecule has 0 amide bonds. The molecule has 0 saturated heterocycles. The van der Waals surface area contributed by atoms with Gasteiger partial charge in [0.05, 0.1) is 5.54 Å². The molecule has 3 rings (SSSR count). The zero-order valence-electron chi connectivity index (χ0n) is 12.4. The third-order valence-electron chi connectivity index (χ3n) is 4.43. The van der Waals surface area contributed by atoms with Gasteiger partial charge in [-0.15, -0.1) is 0 Å². The molecule has 2 nitrogen and oxygen atoms in total. The van der Waals surface area contributed by atoms with Gasteiger partial charge in [-0.05, 0) is 37.3 Å². The number of carbonyl (C=O) groups excluding carboxylic acids is 1. The third-order valence-corrected chi connectivity index (χ3v) is 4.43. The Balaban J connectivity index is 1.67. The van der Waals surface area contributed by atoms with Crippen molar-refractivity contribution in [3.63, 3.8) is 0 Å². The summed E-state index contributed by atoms with van der Waals surface area (Å²) in [7, 11) is 0. The number of hydrogen-bond acceptors (Lipinski definition) is 2. The van der Waals surface area contributed by atoms with Crippen LogP contribution < -0.4 is 5.32 Å². The molecule has 1 atom stereocenters. The van der Waals surface area contributed by atoms with Crippen LogP contribution in [0.5, 0.6) is 0 Å². The lowest BCUT2D eigenvalue weighted by Gasteiger charge is -2.34. The van der Waals surface area contributed by atoms with Crippen LogP contribution in [-0.4, -0.2) is 17.9 Å². The first-order valence-electron chi connectivity index (χ1n) is 7.61. The lowest BCUT2D eigenvalue weighted by molar-refractivity contribution is 0.0843. The topological polar surface area (TPSA) is 29.1 Å². The minimum absolute atomic E-state index is 0.234. The molecule has 0 heterocycles. The van der Waals surface area contributed by atoms with Crippen molar-refractivity contribution in [1.29, 1.82) is 0 Å². The Morgan fingerprint density at radius 3 is 2.57 bits per heavy atom. The molecule has 1 aliphatic carbocycles. The predicted octanol–water partition coefficient (Wildman–Crippen LogP) is 3.41. The van der Waals surface area contributed by atoms with Gasteiger partial charge in [0.15, 0.2) is 5.78 Å². The van der Waals surface area contributed by atoms with Gasteiger partial charge >= 0.3 is 0 Å². The smallest absolute Gasteiger partial charge is 0.182 e. The van der Waals surface area contributed by atoms with E-state index in [0.717, 1.165) is 31.4 Å². The van der Waals surface area contributed by atoms with E-state index in [1.54, 1.807) is 0 Å². The first-order valence-corrected chi connectivity index (χ1v) is 7.61. The normalized spacial score (nSPS) is 21.1. The highest BCUT2D eigenvalue weighted by atomic mass is 16.1. The van der Waals surface area contributed by atoms with Crippen molar-refractivity contribution in [2.45, 2.75) is 31.7 Å². The SMILES string of the molecule is CC1(NCCc2ccccc2)CCc2ccccc2C1=O. The van der Waals surface area contributed by atoms with Crippen LogP contribution in [-0.2, 0) is 12.8 Å². The van der Waals surface area contributed by atoms with Gasteiger partial charge in [0.2, 0.25) is 0 Å². The molecule has 2 aromatic rings. The zero-order valence-corrected chi connectivity index (χ0v) is 12.4. The molecule has 108 valence electrons. The quantitative estimate of drug-likeness (QED) is 0.929. The molecule has 0 radical (unpaired) electrons. The number of fused-ring (bicyclic) bond motifs is 1. The second kappa shape index (κ2) is 5.82. The summed E-state index contributed by atoms with van der Waals surface area (Å²) in [5.74, 6) is 0.234. The molecule has 2 heteroatoms. The van der Waals surface area contributed by atoms with Gasteiger partial charge in [0.1, 0.15) is 0 Å². The maximum Gasteiger partial charge on any atom is 0.182 e. The number of ketones is 1. The molecular formula is C19H21NO. The van der Waals surface area contributed by atoms with Crippen molar-refractivity contribution in [3.05, 3.63) is 71.3 Å². The number of aryl methyl sites for hydroxylation is 1. The standard InChI is InChI=1S/C19H21NO/c1-19(20-14-12-15-7-3-2-4-8-15)13-11-16-9-5-6-10-17(16)18(19)21/h2-10,20H,11-14H2,1H3. The number of carbonyl (C=O) groups is 1. The van der Waals surface area contributed by atoms with E-state index in [1.165, 1.54) is 11.1 Å². The summed E-state index contributed by atoms with van der Waals surface area (Å²) >= 11 is 0. The third kappa shape index (κ3) is 2.91. The molecule has 0 aromatic heterocycles. The molecule has 0 fully saturated rings. The number of benzene rings is 2. The van der Waals surface area contributed by atoms with Crippen molar-refractivity contribution < 1.29 is 4.79 Å². The van der Waals surface area contributed by atoms with E-state index in [4.69, 9.17) is 0 Å². The lowest BCUT2D eigenvalue weighted by atomic mass is 9.78. The van der Waals surface area contributed by atoms with Crippen LogP contribution in [0, 0.1) is 0 Å².